The molecule has 1 atom stereocenters. The molecule has 1 amide bonds. The fourth-order valence-electron chi connectivity index (χ4n) is 4.37. The molecule has 0 spiro atoms. The molecule has 1 fully saturated rings. The number of nitro benzene ring substituents is 1. The van der Waals surface area contributed by atoms with Crippen molar-refractivity contribution in [2.45, 2.75) is 63.3 Å². The summed E-state index contributed by atoms with van der Waals surface area (Å²) in [5.74, 6) is -0.316. The van der Waals surface area contributed by atoms with E-state index in [1.165, 1.54) is 16.4 Å². The highest BCUT2D eigenvalue weighted by molar-refractivity contribution is 7.89. The Morgan fingerprint density at radius 3 is 2.44 bits per heavy atom. The maximum atomic E-state index is 13.2. The Morgan fingerprint density at radius 1 is 1.15 bits per heavy atom. The minimum absolute atomic E-state index is 0.0473. The molecule has 1 saturated heterocycles. The van der Waals surface area contributed by atoms with Crippen molar-refractivity contribution in [3.8, 4) is 0 Å². The van der Waals surface area contributed by atoms with Crippen LogP contribution in [-0.4, -0.2) is 36.6 Å². The second kappa shape index (κ2) is 11.6. The zero-order valence-corrected chi connectivity index (χ0v) is 20.6. The van der Waals surface area contributed by atoms with Crippen LogP contribution in [0.4, 0.5) is 5.69 Å². The Morgan fingerprint density at radius 2 is 1.82 bits per heavy atom. The summed E-state index contributed by atoms with van der Waals surface area (Å²) in [6, 6.07) is 13.7. The molecule has 8 nitrogen and oxygen atoms in total. The van der Waals surface area contributed by atoms with Crippen LogP contribution in [0.3, 0.4) is 0 Å². The number of nitrogens with one attached hydrogen (secondary N) is 1. The van der Waals surface area contributed by atoms with Crippen molar-refractivity contribution in [1.29, 1.82) is 0 Å². The zero-order chi connectivity index (χ0) is 24.7. The van der Waals surface area contributed by atoms with E-state index in [1.807, 2.05) is 30.3 Å². The number of piperidine rings is 1. The Hall–Kier alpha value is -2.78. The molecule has 0 radical (unpaired) electrons. The van der Waals surface area contributed by atoms with Gasteiger partial charge in [0.05, 0.1) is 15.9 Å². The highest BCUT2D eigenvalue weighted by atomic mass is 32.2. The van der Waals surface area contributed by atoms with Gasteiger partial charge in [-0.2, -0.15) is 4.31 Å². The van der Waals surface area contributed by atoms with Crippen LogP contribution in [0, 0.1) is 23.0 Å². The fraction of sp³-hybridized carbons (Fsp3) is 0.480. The van der Waals surface area contributed by atoms with E-state index in [-0.39, 0.29) is 41.5 Å². The van der Waals surface area contributed by atoms with Crippen molar-refractivity contribution in [3.63, 3.8) is 0 Å². The molecule has 184 valence electrons. The molecule has 1 N–H and O–H groups in total. The summed E-state index contributed by atoms with van der Waals surface area (Å²) in [7, 11) is -3.88. The monoisotopic (exact) mass is 487 g/mol. The van der Waals surface area contributed by atoms with Crippen molar-refractivity contribution >= 4 is 21.6 Å². The van der Waals surface area contributed by atoms with Crippen LogP contribution in [0.2, 0.25) is 0 Å². The number of carbonyl (C=O) groups is 1. The van der Waals surface area contributed by atoms with Gasteiger partial charge in [-0.25, -0.2) is 8.42 Å². The minimum Gasteiger partial charge on any atom is -0.349 e. The van der Waals surface area contributed by atoms with Gasteiger partial charge >= 0.3 is 0 Å². The predicted molar refractivity (Wildman–Crippen MR) is 131 cm³/mol. The first-order valence-corrected chi connectivity index (χ1v) is 13.3. The van der Waals surface area contributed by atoms with E-state index in [0.717, 1.165) is 37.3 Å². The van der Waals surface area contributed by atoms with Gasteiger partial charge in [0, 0.05) is 31.1 Å². The van der Waals surface area contributed by atoms with E-state index in [9.17, 15) is 23.3 Å². The van der Waals surface area contributed by atoms with Crippen LogP contribution in [0.25, 0.3) is 0 Å². The second-order valence-electron chi connectivity index (χ2n) is 8.85. The van der Waals surface area contributed by atoms with Crippen LogP contribution in [0.15, 0.2) is 53.4 Å². The molecule has 1 aliphatic heterocycles. The van der Waals surface area contributed by atoms with E-state index >= 15 is 0 Å². The quantitative estimate of drug-likeness (QED) is 0.296. The normalized spacial score (nSPS) is 16.2. The molecule has 2 aromatic carbocycles. The van der Waals surface area contributed by atoms with E-state index in [0.29, 0.717) is 18.4 Å². The number of nitro groups is 1. The molecule has 0 aliphatic carbocycles. The number of hydrogen-bond acceptors (Lipinski definition) is 5. The standard InChI is InChI=1S/C25H33N3O5S/c1-3-4-6-11-23(20-9-7-5-8-10-20)26-25(29)21-14-16-27(17-15-21)34(32,33)24-18-22(28(30)31)13-12-19(24)2/h5,7-10,12-13,18,21,23H,3-4,6,11,14-17H2,1-2H3,(H,26,29). The number of hydrogen-bond donors (Lipinski definition) is 1. The first-order valence-electron chi connectivity index (χ1n) is 11.8. The number of non-ortho nitro benzene ring substituents is 1. The number of benzene rings is 2. The van der Waals surface area contributed by atoms with Crippen molar-refractivity contribution in [2.24, 2.45) is 5.92 Å². The van der Waals surface area contributed by atoms with E-state index < -0.39 is 14.9 Å². The molecule has 1 aliphatic rings. The molecule has 0 bridgehead atoms. The molecule has 1 heterocycles. The van der Waals surface area contributed by atoms with Gasteiger partial charge in [0.1, 0.15) is 0 Å². The van der Waals surface area contributed by atoms with E-state index in [4.69, 9.17) is 0 Å². The fourth-order valence-corrected chi connectivity index (χ4v) is 6.09. The maximum Gasteiger partial charge on any atom is 0.270 e. The van der Waals surface area contributed by atoms with Crippen LogP contribution in [0.1, 0.15) is 62.6 Å². The third-order valence-corrected chi connectivity index (χ3v) is 8.48. The number of sulfonamides is 1. The second-order valence-corrected chi connectivity index (χ2v) is 10.8. The molecular formula is C25H33N3O5S. The van der Waals surface area contributed by atoms with Gasteiger partial charge in [-0.05, 0) is 37.3 Å². The summed E-state index contributed by atoms with van der Waals surface area (Å²) < 4.78 is 27.7. The van der Waals surface area contributed by atoms with Gasteiger partial charge in [-0.3, -0.25) is 14.9 Å². The maximum absolute atomic E-state index is 13.2. The molecule has 3 rings (SSSR count). The summed E-state index contributed by atoms with van der Waals surface area (Å²) in [5, 5.41) is 14.3. The molecule has 1 unspecified atom stereocenters. The Kier molecular flexibility index (Phi) is 8.79. The molecular weight excluding hydrogens is 454 g/mol. The van der Waals surface area contributed by atoms with Crippen molar-refractivity contribution in [3.05, 3.63) is 69.8 Å². The van der Waals surface area contributed by atoms with Gasteiger partial charge < -0.3 is 5.32 Å². The van der Waals surface area contributed by atoms with Crippen LogP contribution in [0.5, 0.6) is 0 Å². The summed E-state index contributed by atoms with van der Waals surface area (Å²) in [6.07, 6.45) is 4.92. The first kappa shape index (κ1) is 25.8. The smallest absolute Gasteiger partial charge is 0.270 e. The first-order chi connectivity index (χ1) is 16.2. The summed E-state index contributed by atoms with van der Waals surface area (Å²) >= 11 is 0. The summed E-state index contributed by atoms with van der Waals surface area (Å²) in [4.78, 5) is 23.5. The van der Waals surface area contributed by atoms with Crippen LogP contribution in [-0.2, 0) is 14.8 Å². The van der Waals surface area contributed by atoms with Crippen LogP contribution >= 0.6 is 0 Å². The molecule has 9 heteroatoms. The van der Waals surface area contributed by atoms with Crippen molar-refractivity contribution < 1.29 is 18.1 Å². The van der Waals surface area contributed by atoms with E-state index in [1.54, 1.807) is 6.92 Å². The lowest BCUT2D eigenvalue weighted by molar-refractivity contribution is -0.385. The lowest BCUT2D eigenvalue weighted by atomic mass is 9.95. The zero-order valence-electron chi connectivity index (χ0n) is 19.8. The summed E-state index contributed by atoms with van der Waals surface area (Å²) in [5.41, 5.74) is 1.28. The number of nitrogens with zero attached hydrogens (tertiary/aromatic N) is 2. The van der Waals surface area contributed by atoms with Gasteiger partial charge in [0.15, 0.2) is 0 Å². The highest BCUT2D eigenvalue weighted by Gasteiger charge is 2.34. The summed E-state index contributed by atoms with van der Waals surface area (Å²) in [6.45, 7) is 4.18. The van der Waals surface area contributed by atoms with E-state index in [2.05, 4.69) is 12.2 Å². The van der Waals surface area contributed by atoms with Gasteiger partial charge in [-0.15, -0.1) is 0 Å². The number of carbonyl (C=O) groups excluding carboxylic acids is 1. The number of aryl methyl sites for hydroxylation is 1. The topological polar surface area (TPSA) is 110 Å². The molecule has 34 heavy (non-hydrogen) atoms. The number of unbranched alkanes of at least 4 members (excludes halogenated alkanes) is 2. The average Bonchev–Trinajstić information content (AvgIpc) is 2.84. The van der Waals surface area contributed by atoms with Crippen LogP contribution < -0.4 is 5.32 Å². The van der Waals surface area contributed by atoms with Gasteiger partial charge in [0.25, 0.3) is 5.69 Å². The minimum atomic E-state index is -3.88. The Balaban J connectivity index is 1.66. The lowest BCUT2D eigenvalue weighted by Gasteiger charge is -2.32. The third kappa shape index (κ3) is 6.21. The van der Waals surface area contributed by atoms with Crippen molar-refractivity contribution in [2.75, 3.05) is 13.1 Å². The lowest BCUT2D eigenvalue weighted by Crippen LogP contribution is -2.43. The number of amides is 1. The Labute approximate surface area is 201 Å². The predicted octanol–water partition coefficient (Wildman–Crippen LogP) is 4.74. The molecule has 0 aromatic heterocycles. The van der Waals surface area contributed by atoms with Gasteiger partial charge in [0.2, 0.25) is 15.9 Å². The van der Waals surface area contributed by atoms with Crippen molar-refractivity contribution in [1.82, 2.24) is 9.62 Å². The average molecular weight is 488 g/mol. The van der Waals surface area contributed by atoms with Gasteiger partial charge in [-0.1, -0.05) is 62.6 Å². The molecule has 0 saturated carbocycles. The molecule has 2 aromatic rings. The SMILES string of the molecule is CCCCCC(NC(=O)C1CCN(S(=O)(=O)c2cc([N+](=O)[O-])ccc2C)CC1)c1ccccc1. The Bertz CT molecular complexity index is 1100. The largest absolute Gasteiger partial charge is 0.349 e. The number of rotatable bonds is 10. The highest BCUT2D eigenvalue weighted by Crippen LogP contribution is 2.29. The third-order valence-electron chi connectivity index (χ3n) is 6.44.